The molecule has 3 atom stereocenters. The van der Waals surface area contributed by atoms with Crippen LogP contribution in [0.3, 0.4) is 0 Å². The molecule has 4 rings (SSSR count). The van der Waals surface area contributed by atoms with E-state index in [1.807, 2.05) is 19.1 Å². The molecule has 2 bridgehead atoms. The first-order valence-electron chi connectivity index (χ1n) is 9.07. The summed E-state index contributed by atoms with van der Waals surface area (Å²) in [4.78, 5) is 14.6. The molecule has 8 heteroatoms. The van der Waals surface area contributed by atoms with Gasteiger partial charge in [0.05, 0.1) is 5.69 Å². The van der Waals surface area contributed by atoms with E-state index in [1.165, 1.54) is 7.05 Å². The summed E-state index contributed by atoms with van der Waals surface area (Å²) in [5.74, 6) is 0.540. The third-order valence-electron chi connectivity index (χ3n) is 5.49. The number of anilines is 1. The Kier molecular flexibility index (Phi) is 4.34. The van der Waals surface area contributed by atoms with E-state index in [0.29, 0.717) is 24.5 Å². The quantitative estimate of drug-likeness (QED) is 0.902. The number of nitrogens with zero attached hydrogens (tertiary/aromatic N) is 5. The van der Waals surface area contributed by atoms with Crippen molar-refractivity contribution >= 4 is 11.7 Å². The van der Waals surface area contributed by atoms with Crippen molar-refractivity contribution in [2.75, 3.05) is 11.4 Å². The Morgan fingerprint density at radius 3 is 2.58 bits per heavy atom. The summed E-state index contributed by atoms with van der Waals surface area (Å²) in [6, 6.07) is 6.10. The van der Waals surface area contributed by atoms with Crippen LogP contribution in [0.2, 0.25) is 0 Å². The third-order valence-corrected chi connectivity index (χ3v) is 5.49. The molecule has 2 aliphatic rings. The van der Waals surface area contributed by atoms with E-state index in [0.717, 1.165) is 47.9 Å². The largest absolute Gasteiger partial charge is 0.350 e. The summed E-state index contributed by atoms with van der Waals surface area (Å²) in [6.45, 7) is 2.53. The molecular formula is C18H23FN6O. The number of amides is 1. The Morgan fingerprint density at radius 2 is 2.00 bits per heavy atom. The number of aryl methyl sites for hydroxylation is 2. The topological polar surface area (TPSA) is 75.9 Å². The minimum absolute atomic E-state index is 0.125. The fourth-order valence-electron chi connectivity index (χ4n) is 4.24. The second-order valence-electron chi connectivity index (χ2n) is 7.35. The highest BCUT2D eigenvalue weighted by Crippen LogP contribution is 2.40. The summed E-state index contributed by atoms with van der Waals surface area (Å²) in [5.41, 5.74) is 1.05. The zero-order valence-corrected chi connectivity index (χ0v) is 15.0. The van der Waals surface area contributed by atoms with Crippen LogP contribution < -0.4 is 10.2 Å². The molecule has 0 aromatic carbocycles. The lowest BCUT2D eigenvalue weighted by molar-refractivity contribution is 0.0937. The van der Waals surface area contributed by atoms with Crippen LogP contribution in [-0.4, -0.2) is 44.5 Å². The maximum absolute atomic E-state index is 13.3. The molecule has 26 heavy (non-hydrogen) atoms. The van der Waals surface area contributed by atoms with Crippen molar-refractivity contribution in [3.63, 3.8) is 0 Å². The smallest absolute Gasteiger partial charge is 0.271 e. The number of carbonyl (C=O) groups is 1. The molecule has 0 radical (unpaired) electrons. The first-order valence-corrected chi connectivity index (χ1v) is 9.07. The number of hydrogen-bond donors (Lipinski definition) is 1. The van der Waals surface area contributed by atoms with E-state index >= 15 is 0 Å². The molecule has 2 aromatic heterocycles. The number of piperidine rings is 1. The minimum Gasteiger partial charge on any atom is -0.350 e. The predicted molar refractivity (Wildman–Crippen MR) is 94.3 cm³/mol. The molecule has 1 unspecified atom stereocenters. The van der Waals surface area contributed by atoms with Gasteiger partial charge in [0, 0.05) is 31.7 Å². The third kappa shape index (κ3) is 3.15. The van der Waals surface area contributed by atoms with Crippen LogP contribution in [0.1, 0.15) is 41.9 Å². The maximum Gasteiger partial charge on any atom is 0.271 e. The lowest BCUT2D eigenvalue weighted by Crippen LogP contribution is -2.46. The van der Waals surface area contributed by atoms with Gasteiger partial charge >= 0.3 is 0 Å². The average molecular weight is 358 g/mol. The van der Waals surface area contributed by atoms with Crippen molar-refractivity contribution in [3.8, 4) is 0 Å². The van der Waals surface area contributed by atoms with Crippen LogP contribution in [0.4, 0.5) is 10.2 Å². The highest BCUT2D eigenvalue weighted by atomic mass is 19.1. The van der Waals surface area contributed by atoms with E-state index in [1.54, 1.807) is 0 Å². The van der Waals surface area contributed by atoms with Gasteiger partial charge in [0.25, 0.3) is 5.91 Å². The number of aromatic nitrogens is 4. The van der Waals surface area contributed by atoms with Crippen LogP contribution in [0.25, 0.3) is 0 Å². The Balaban J connectivity index is 1.36. The monoisotopic (exact) mass is 358 g/mol. The van der Waals surface area contributed by atoms with Gasteiger partial charge in [0.1, 0.15) is 0 Å². The first kappa shape index (κ1) is 16.9. The van der Waals surface area contributed by atoms with Gasteiger partial charge in [-0.1, -0.05) is 0 Å². The molecule has 1 amide bonds. The maximum atomic E-state index is 13.3. The summed E-state index contributed by atoms with van der Waals surface area (Å²) < 4.78 is 14.4. The second kappa shape index (κ2) is 6.66. The molecule has 1 N–H and O–H groups in total. The van der Waals surface area contributed by atoms with Crippen LogP contribution >= 0.6 is 0 Å². The van der Waals surface area contributed by atoms with Crippen LogP contribution in [0, 0.1) is 18.8 Å². The molecule has 7 nitrogen and oxygen atoms in total. The average Bonchev–Trinajstić information content (AvgIpc) is 3.10. The normalized spacial score (nSPS) is 24.7. The van der Waals surface area contributed by atoms with Crippen LogP contribution in [0.5, 0.6) is 0 Å². The highest BCUT2D eigenvalue weighted by molar-refractivity contribution is 5.92. The van der Waals surface area contributed by atoms with Gasteiger partial charge in [-0.05, 0) is 50.7 Å². The molecule has 2 saturated heterocycles. The lowest BCUT2D eigenvalue weighted by Gasteiger charge is -2.39. The van der Waals surface area contributed by atoms with Crippen LogP contribution in [0.15, 0.2) is 18.2 Å². The van der Waals surface area contributed by atoms with Crippen molar-refractivity contribution in [2.24, 2.45) is 13.0 Å². The summed E-state index contributed by atoms with van der Waals surface area (Å²) in [5, 5.41) is 15.3. The number of nitrogens with one attached hydrogen (secondary N) is 1. The predicted octanol–water partition coefficient (Wildman–Crippen LogP) is 1.84. The molecule has 138 valence electrons. The Labute approximate surface area is 151 Å². The van der Waals surface area contributed by atoms with Crippen molar-refractivity contribution in [3.05, 3.63) is 35.5 Å². The fraction of sp³-hybridized carbons (Fsp3) is 0.556. The number of hydrogen-bond acceptors (Lipinski definition) is 5. The summed E-state index contributed by atoms with van der Waals surface area (Å²) >= 11 is 0. The molecule has 2 fully saturated rings. The van der Waals surface area contributed by atoms with Crippen molar-refractivity contribution in [1.29, 1.82) is 0 Å². The molecular weight excluding hydrogens is 335 g/mol. The van der Waals surface area contributed by atoms with Crippen molar-refractivity contribution in [2.45, 2.75) is 44.7 Å². The number of rotatable bonds is 4. The SMILES string of the molecule is Cc1ccc(N2[C@@H]3CC[C@H]2CC(CNC(=O)c2cc(F)n(C)n2)C3)nn1. The van der Waals surface area contributed by atoms with E-state index in [9.17, 15) is 9.18 Å². The zero-order chi connectivity index (χ0) is 18.3. The minimum atomic E-state index is -0.513. The Morgan fingerprint density at radius 1 is 1.27 bits per heavy atom. The zero-order valence-electron chi connectivity index (χ0n) is 15.0. The van der Waals surface area contributed by atoms with Crippen molar-refractivity contribution in [1.82, 2.24) is 25.3 Å². The molecule has 2 aromatic rings. The Bertz CT molecular complexity index is 771. The van der Waals surface area contributed by atoms with Gasteiger partial charge in [0.15, 0.2) is 11.5 Å². The van der Waals surface area contributed by atoms with Gasteiger partial charge < -0.3 is 10.2 Å². The molecule has 0 saturated carbocycles. The molecule has 4 heterocycles. The van der Waals surface area contributed by atoms with Gasteiger partial charge in [0.2, 0.25) is 5.95 Å². The fourth-order valence-corrected chi connectivity index (χ4v) is 4.24. The summed E-state index contributed by atoms with van der Waals surface area (Å²) in [6.07, 6.45) is 4.33. The van der Waals surface area contributed by atoms with Gasteiger partial charge in [-0.2, -0.15) is 14.6 Å². The molecule has 0 spiro atoms. The number of carbonyl (C=O) groups excluding carboxylic acids is 1. The Hall–Kier alpha value is -2.51. The van der Waals surface area contributed by atoms with E-state index < -0.39 is 5.95 Å². The molecule has 2 aliphatic heterocycles. The molecule has 0 aliphatic carbocycles. The van der Waals surface area contributed by atoms with Crippen molar-refractivity contribution < 1.29 is 9.18 Å². The summed E-state index contributed by atoms with van der Waals surface area (Å²) in [7, 11) is 1.48. The van der Waals surface area contributed by atoms with E-state index in [2.05, 4.69) is 25.5 Å². The van der Waals surface area contributed by atoms with Gasteiger partial charge in [-0.25, -0.2) is 4.68 Å². The van der Waals surface area contributed by atoms with E-state index in [-0.39, 0.29) is 11.6 Å². The van der Waals surface area contributed by atoms with E-state index in [4.69, 9.17) is 0 Å². The van der Waals surface area contributed by atoms with Gasteiger partial charge in [-0.3, -0.25) is 4.79 Å². The van der Waals surface area contributed by atoms with Gasteiger partial charge in [-0.15, -0.1) is 5.10 Å². The lowest BCUT2D eigenvalue weighted by atomic mass is 9.90. The number of halogens is 1. The number of fused-ring (bicyclic) bond motifs is 2. The highest BCUT2D eigenvalue weighted by Gasteiger charge is 2.41. The first-order chi connectivity index (χ1) is 12.5. The van der Waals surface area contributed by atoms with Crippen LogP contribution in [-0.2, 0) is 7.05 Å². The standard InChI is InChI=1S/C18H23FN6O/c1-11-3-6-17(22-21-11)25-13-4-5-14(25)8-12(7-13)10-20-18(26)15-9-16(19)24(2)23-15/h3,6,9,12-14H,4-5,7-8,10H2,1-2H3,(H,20,26)/t12?,13-,14+. The second-order valence-corrected chi connectivity index (χ2v) is 7.35.